The number of nitrogens with one attached hydrogen (secondary N) is 1. The standard InChI is InChI=1S/C18H15FN4O3/c19-13-7-3-1-5-11(13)18(25)21-9-16(24)26-10-15-22-14-8-4-2-6-12(14)17(20)23-15/h1-8H,9-10H2,(H,21,25)(H2,20,22,23). The smallest absolute Gasteiger partial charge is 0.325 e. The van der Waals surface area contributed by atoms with E-state index in [0.717, 1.165) is 6.07 Å². The van der Waals surface area contributed by atoms with E-state index in [1.54, 1.807) is 12.1 Å². The third kappa shape index (κ3) is 3.92. The molecular weight excluding hydrogens is 339 g/mol. The first-order chi connectivity index (χ1) is 12.5. The molecule has 0 fully saturated rings. The summed E-state index contributed by atoms with van der Waals surface area (Å²) >= 11 is 0. The SMILES string of the molecule is Nc1nc(COC(=O)CNC(=O)c2ccccc2F)nc2ccccc12. The number of aromatic nitrogens is 2. The average molecular weight is 354 g/mol. The molecule has 0 spiro atoms. The highest BCUT2D eigenvalue weighted by Crippen LogP contribution is 2.17. The van der Waals surface area contributed by atoms with Crippen molar-refractivity contribution in [1.82, 2.24) is 15.3 Å². The van der Waals surface area contributed by atoms with Gasteiger partial charge in [-0.05, 0) is 24.3 Å². The van der Waals surface area contributed by atoms with Gasteiger partial charge in [0.05, 0.1) is 11.1 Å². The Labute approximate surface area is 148 Å². The van der Waals surface area contributed by atoms with Crippen LogP contribution in [0.15, 0.2) is 48.5 Å². The second-order valence-corrected chi connectivity index (χ2v) is 5.37. The van der Waals surface area contributed by atoms with Crippen molar-refractivity contribution < 1.29 is 18.7 Å². The molecule has 0 aliphatic heterocycles. The fourth-order valence-electron chi connectivity index (χ4n) is 2.30. The summed E-state index contributed by atoms with van der Waals surface area (Å²) in [6.07, 6.45) is 0. The molecule has 0 radical (unpaired) electrons. The van der Waals surface area contributed by atoms with Crippen LogP contribution in [0.2, 0.25) is 0 Å². The van der Waals surface area contributed by atoms with E-state index in [-0.39, 0.29) is 23.8 Å². The van der Waals surface area contributed by atoms with Gasteiger partial charge in [0.15, 0.2) is 12.4 Å². The number of halogens is 1. The van der Waals surface area contributed by atoms with Gasteiger partial charge in [-0.25, -0.2) is 14.4 Å². The molecule has 7 nitrogen and oxygen atoms in total. The van der Waals surface area contributed by atoms with Crippen molar-refractivity contribution in [1.29, 1.82) is 0 Å². The number of rotatable bonds is 5. The minimum atomic E-state index is -0.704. The number of amides is 1. The van der Waals surface area contributed by atoms with Gasteiger partial charge >= 0.3 is 5.97 Å². The molecule has 3 N–H and O–H groups in total. The van der Waals surface area contributed by atoms with E-state index >= 15 is 0 Å². The summed E-state index contributed by atoms with van der Waals surface area (Å²) in [7, 11) is 0. The molecule has 1 heterocycles. The lowest BCUT2D eigenvalue weighted by atomic mass is 10.2. The van der Waals surface area contributed by atoms with Crippen LogP contribution < -0.4 is 11.1 Å². The Kier molecular flexibility index (Phi) is 5.02. The van der Waals surface area contributed by atoms with E-state index in [0.29, 0.717) is 10.9 Å². The van der Waals surface area contributed by atoms with Gasteiger partial charge in [-0.3, -0.25) is 9.59 Å². The molecule has 3 rings (SSSR count). The lowest BCUT2D eigenvalue weighted by Crippen LogP contribution is -2.31. The zero-order valence-electron chi connectivity index (χ0n) is 13.6. The third-order valence-electron chi connectivity index (χ3n) is 3.55. The lowest BCUT2D eigenvalue weighted by molar-refractivity contribution is -0.143. The van der Waals surface area contributed by atoms with Crippen LogP contribution in [0.3, 0.4) is 0 Å². The quantitative estimate of drug-likeness (QED) is 0.677. The number of benzene rings is 2. The van der Waals surface area contributed by atoms with E-state index in [2.05, 4.69) is 15.3 Å². The molecule has 2 aromatic carbocycles. The second-order valence-electron chi connectivity index (χ2n) is 5.37. The number of ether oxygens (including phenoxy) is 1. The number of para-hydroxylation sites is 1. The van der Waals surface area contributed by atoms with Crippen LogP contribution in [-0.4, -0.2) is 28.4 Å². The molecule has 0 saturated heterocycles. The average Bonchev–Trinajstić information content (AvgIpc) is 2.65. The van der Waals surface area contributed by atoms with Crippen molar-refractivity contribution in [2.45, 2.75) is 6.61 Å². The number of carbonyl (C=O) groups excluding carboxylic acids is 2. The normalized spacial score (nSPS) is 10.5. The van der Waals surface area contributed by atoms with Gasteiger partial charge in [0, 0.05) is 5.39 Å². The number of carbonyl (C=O) groups is 2. The molecule has 0 aliphatic rings. The summed E-state index contributed by atoms with van der Waals surface area (Å²) in [4.78, 5) is 31.9. The maximum Gasteiger partial charge on any atom is 0.325 e. The van der Waals surface area contributed by atoms with Crippen molar-refractivity contribution in [3.8, 4) is 0 Å². The minimum absolute atomic E-state index is 0.147. The Morgan fingerprint density at radius 3 is 2.62 bits per heavy atom. The van der Waals surface area contributed by atoms with Gasteiger partial charge in [-0.15, -0.1) is 0 Å². The van der Waals surface area contributed by atoms with E-state index < -0.39 is 24.2 Å². The van der Waals surface area contributed by atoms with Crippen molar-refractivity contribution in [3.63, 3.8) is 0 Å². The maximum absolute atomic E-state index is 13.5. The number of esters is 1. The number of anilines is 1. The zero-order valence-corrected chi connectivity index (χ0v) is 13.6. The van der Waals surface area contributed by atoms with Crippen LogP contribution in [0.4, 0.5) is 10.2 Å². The third-order valence-corrected chi connectivity index (χ3v) is 3.55. The minimum Gasteiger partial charge on any atom is -0.456 e. The summed E-state index contributed by atoms with van der Waals surface area (Å²) in [5, 5.41) is 3.01. The number of nitrogen functional groups attached to an aromatic ring is 1. The molecule has 0 unspecified atom stereocenters. The second kappa shape index (κ2) is 7.56. The van der Waals surface area contributed by atoms with Crippen LogP contribution in [0.25, 0.3) is 10.9 Å². The number of nitrogens with two attached hydrogens (primary N) is 1. The van der Waals surface area contributed by atoms with Crippen molar-refractivity contribution >= 4 is 28.6 Å². The van der Waals surface area contributed by atoms with Gasteiger partial charge in [0.25, 0.3) is 5.91 Å². The Bertz CT molecular complexity index is 978. The highest BCUT2D eigenvalue weighted by atomic mass is 19.1. The number of nitrogens with zero attached hydrogens (tertiary/aromatic N) is 2. The topological polar surface area (TPSA) is 107 Å². The summed E-state index contributed by atoms with van der Waals surface area (Å²) in [5.74, 6) is -1.54. The molecule has 0 saturated carbocycles. The molecule has 132 valence electrons. The van der Waals surface area contributed by atoms with E-state index in [9.17, 15) is 14.0 Å². The first-order valence-corrected chi connectivity index (χ1v) is 7.74. The predicted octanol–water partition coefficient (Wildman–Crippen LogP) is 1.82. The van der Waals surface area contributed by atoms with Gasteiger partial charge in [-0.1, -0.05) is 24.3 Å². The van der Waals surface area contributed by atoms with Crippen LogP contribution in [0.5, 0.6) is 0 Å². The number of fused-ring (bicyclic) bond motifs is 1. The molecule has 26 heavy (non-hydrogen) atoms. The van der Waals surface area contributed by atoms with Crippen molar-refractivity contribution in [2.24, 2.45) is 0 Å². The summed E-state index contributed by atoms with van der Waals surface area (Å²) in [5.41, 5.74) is 6.35. The van der Waals surface area contributed by atoms with Crippen LogP contribution in [0.1, 0.15) is 16.2 Å². The first-order valence-electron chi connectivity index (χ1n) is 7.74. The molecule has 1 aromatic heterocycles. The fourth-order valence-corrected chi connectivity index (χ4v) is 2.30. The van der Waals surface area contributed by atoms with Gasteiger partial charge < -0.3 is 15.8 Å². The summed E-state index contributed by atoms with van der Waals surface area (Å²) in [6.45, 7) is -0.598. The molecular formula is C18H15FN4O3. The van der Waals surface area contributed by atoms with Gasteiger partial charge in [0.1, 0.15) is 18.2 Å². The Hall–Kier alpha value is -3.55. The van der Waals surface area contributed by atoms with Crippen LogP contribution in [0, 0.1) is 5.82 Å². The molecule has 3 aromatic rings. The Balaban J connectivity index is 1.56. The number of hydrogen-bond acceptors (Lipinski definition) is 6. The van der Waals surface area contributed by atoms with Crippen LogP contribution in [-0.2, 0) is 16.1 Å². The predicted molar refractivity (Wildman–Crippen MR) is 92.5 cm³/mol. The van der Waals surface area contributed by atoms with Crippen molar-refractivity contribution in [3.05, 3.63) is 65.7 Å². The van der Waals surface area contributed by atoms with E-state index in [1.807, 2.05) is 12.1 Å². The highest BCUT2D eigenvalue weighted by molar-refractivity contribution is 5.96. The first kappa shape index (κ1) is 17.3. The van der Waals surface area contributed by atoms with Gasteiger partial charge in [0.2, 0.25) is 0 Å². The van der Waals surface area contributed by atoms with Gasteiger partial charge in [-0.2, -0.15) is 0 Å². The molecule has 0 atom stereocenters. The Morgan fingerprint density at radius 1 is 1.08 bits per heavy atom. The highest BCUT2D eigenvalue weighted by Gasteiger charge is 2.13. The summed E-state index contributed by atoms with van der Waals surface area (Å²) in [6, 6.07) is 12.7. The van der Waals surface area contributed by atoms with Crippen LogP contribution >= 0.6 is 0 Å². The molecule has 0 aliphatic carbocycles. The molecule has 0 bridgehead atoms. The zero-order chi connectivity index (χ0) is 18.5. The van der Waals surface area contributed by atoms with Crippen molar-refractivity contribution in [2.75, 3.05) is 12.3 Å². The number of hydrogen-bond donors (Lipinski definition) is 2. The fraction of sp³-hybridized carbons (Fsp3) is 0.111. The van der Waals surface area contributed by atoms with E-state index in [4.69, 9.17) is 10.5 Å². The Morgan fingerprint density at radius 2 is 1.81 bits per heavy atom. The maximum atomic E-state index is 13.5. The lowest BCUT2D eigenvalue weighted by Gasteiger charge is -2.08. The largest absolute Gasteiger partial charge is 0.456 e. The summed E-state index contributed by atoms with van der Waals surface area (Å²) < 4.78 is 18.5. The molecule has 8 heteroatoms. The monoisotopic (exact) mass is 354 g/mol. The van der Waals surface area contributed by atoms with E-state index in [1.165, 1.54) is 18.2 Å². The molecule has 1 amide bonds.